The maximum atomic E-state index is 13.9. The topological polar surface area (TPSA) is 94.9 Å². The number of aromatic nitrogens is 1. The van der Waals surface area contributed by atoms with Crippen LogP contribution >= 0.6 is 0 Å². The molecule has 0 radical (unpaired) electrons. The minimum absolute atomic E-state index is 0.0364. The normalized spacial score (nSPS) is 22.7. The molecule has 2 aliphatic heterocycles. The fraction of sp³-hybridized carbons (Fsp3) is 0.458. The molecule has 0 unspecified atom stereocenters. The third-order valence-electron chi connectivity index (χ3n) is 7.28. The van der Waals surface area contributed by atoms with Crippen LogP contribution in [-0.4, -0.2) is 56.1 Å². The summed E-state index contributed by atoms with van der Waals surface area (Å²) < 4.78 is 28.5. The van der Waals surface area contributed by atoms with Gasteiger partial charge in [0.15, 0.2) is 11.4 Å². The molecule has 3 heterocycles. The minimum Gasteiger partial charge on any atom is -0.503 e. The quantitative estimate of drug-likeness (QED) is 0.712. The van der Waals surface area contributed by atoms with Crippen LogP contribution in [0.5, 0.6) is 5.75 Å². The maximum Gasteiger partial charge on any atom is 0.276 e. The number of halogens is 2. The van der Waals surface area contributed by atoms with Crippen LogP contribution in [0.3, 0.4) is 0 Å². The maximum absolute atomic E-state index is 13.9. The average Bonchev–Trinajstić information content (AvgIpc) is 2.75. The standard InChI is InChI=1S/C24H26F2N4O4/c1-13-7-8-29(16-3-2-4-16)19-12-28-11-17(21(31)22(32)20(28)24(34)30(13)19)23(33)27-10-14-5-6-15(25)9-18(14)26/h5-6,9,11,13,16,19,32H,2-4,7-8,10,12H2,1H3,(H,27,33)/t13-,19-/m0/s1. The SMILES string of the molecule is C[C@H]1CCN(C2CCC2)[C@@H]2Cn3cc(C(=O)NCc4ccc(F)cc4F)c(=O)c(O)c3C(=O)N12. The van der Waals surface area contributed by atoms with Crippen LogP contribution in [0, 0.1) is 11.6 Å². The van der Waals surface area contributed by atoms with Crippen molar-refractivity contribution in [3.8, 4) is 5.75 Å². The van der Waals surface area contributed by atoms with E-state index >= 15 is 0 Å². The van der Waals surface area contributed by atoms with Crippen LogP contribution in [-0.2, 0) is 13.1 Å². The summed E-state index contributed by atoms with van der Waals surface area (Å²) in [5.41, 5.74) is -1.38. The number of hydrogen-bond acceptors (Lipinski definition) is 5. The van der Waals surface area contributed by atoms with Crippen molar-refractivity contribution < 1.29 is 23.5 Å². The molecule has 10 heteroatoms. The first-order valence-corrected chi connectivity index (χ1v) is 11.5. The van der Waals surface area contributed by atoms with Crippen molar-refractivity contribution in [2.24, 2.45) is 0 Å². The van der Waals surface area contributed by atoms with Gasteiger partial charge in [-0.25, -0.2) is 8.78 Å². The number of pyridine rings is 1. The number of aromatic hydroxyl groups is 1. The zero-order valence-electron chi connectivity index (χ0n) is 18.8. The van der Waals surface area contributed by atoms with E-state index in [2.05, 4.69) is 10.2 Å². The van der Waals surface area contributed by atoms with Crippen molar-refractivity contribution >= 4 is 11.8 Å². The Bertz CT molecular complexity index is 1230. The summed E-state index contributed by atoms with van der Waals surface area (Å²) in [5, 5.41) is 13.1. The smallest absolute Gasteiger partial charge is 0.276 e. The summed E-state index contributed by atoms with van der Waals surface area (Å²) in [7, 11) is 0. The van der Waals surface area contributed by atoms with Crippen molar-refractivity contribution in [2.75, 3.05) is 6.54 Å². The van der Waals surface area contributed by atoms with E-state index in [1.54, 1.807) is 4.90 Å². The van der Waals surface area contributed by atoms with E-state index < -0.39 is 34.6 Å². The van der Waals surface area contributed by atoms with Gasteiger partial charge in [-0.3, -0.25) is 19.3 Å². The van der Waals surface area contributed by atoms with Gasteiger partial charge < -0.3 is 19.9 Å². The molecule has 180 valence electrons. The van der Waals surface area contributed by atoms with Gasteiger partial charge in [0.25, 0.3) is 11.8 Å². The van der Waals surface area contributed by atoms with Crippen LogP contribution < -0.4 is 10.7 Å². The number of amides is 2. The number of hydrogen-bond donors (Lipinski definition) is 2. The molecule has 0 spiro atoms. The van der Waals surface area contributed by atoms with Gasteiger partial charge in [0, 0.05) is 43.0 Å². The summed E-state index contributed by atoms with van der Waals surface area (Å²) in [6.45, 7) is 2.88. The van der Waals surface area contributed by atoms with E-state index in [1.807, 2.05) is 6.92 Å². The molecular weight excluding hydrogens is 446 g/mol. The van der Waals surface area contributed by atoms with E-state index in [4.69, 9.17) is 0 Å². The molecule has 3 aliphatic rings. The molecular formula is C24H26F2N4O4. The molecule has 8 nitrogen and oxygen atoms in total. The predicted octanol–water partition coefficient (Wildman–Crippen LogP) is 2.19. The van der Waals surface area contributed by atoms with Crippen molar-refractivity contribution in [3.63, 3.8) is 0 Å². The van der Waals surface area contributed by atoms with Crippen LogP contribution in [0.1, 0.15) is 59.0 Å². The highest BCUT2D eigenvalue weighted by Gasteiger charge is 2.46. The fourth-order valence-electron chi connectivity index (χ4n) is 5.16. The first kappa shape index (κ1) is 22.5. The Kier molecular flexibility index (Phi) is 5.63. The van der Waals surface area contributed by atoms with E-state index in [0.717, 1.165) is 38.3 Å². The first-order chi connectivity index (χ1) is 16.3. The zero-order chi connectivity index (χ0) is 24.1. The highest BCUT2D eigenvalue weighted by Crippen LogP contribution is 2.36. The van der Waals surface area contributed by atoms with E-state index in [-0.39, 0.29) is 35.6 Å². The molecule has 0 bridgehead atoms. The van der Waals surface area contributed by atoms with Crippen molar-refractivity contribution in [2.45, 2.75) is 63.9 Å². The third-order valence-corrected chi connectivity index (χ3v) is 7.28. The number of carbonyl (C=O) groups excluding carboxylic acids is 2. The monoisotopic (exact) mass is 472 g/mol. The third kappa shape index (κ3) is 3.66. The summed E-state index contributed by atoms with van der Waals surface area (Å²) in [4.78, 5) is 43.0. The van der Waals surface area contributed by atoms with E-state index in [9.17, 15) is 28.3 Å². The Balaban J connectivity index is 1.45. The number of benzene rings is 1. The molecule has 1 aromatic heterocycles. The van der Waals surface area contributed by atoms with Gasteiger partial charge in [-0.05, 0) is 32.3 Å². The Morgan fingerprint density at radius 3 is 2.65 bits per heavy atom. The molecule has 2 N–H and O–H groups in total. The lowest BCUT2D eigenvalue weighted by atomic mass is 9.89. The van der Waals surface area contributed by atoms with Gasteiger partial charge in [-0.15, -0.1) is 0 Å². The second kappa shape index (κ2) is 8.50. The average molecular weight is 472 g/mol. The Hall–Kier alpha value is -3.27. The van der Waals surface area contributed by atoms with Crippen molar-refractivity contribution in [3.05, 3.63) is 63.1 Å². The van der Waals surface area contributed by atoms with Crippen molar-refractivity contribution in [1.82, 2.24) is 19.7 Å². The molecule has 34 heavy (non-hydrogen) atoms. The number of fused-ring (bicyclic) bond motifs is 2. The lowest BCUT2D eigenvalue weighted by Gasteiger charge is -2.54. The van der Waals surface area contributed by atoms with Crippen LogP contribution in [0.15, 0.2) is 29.2 Å². The molecule has 2 amide bonds. The Morgan fingerprint density at radius 2 is 1.97 bits per heavy atom. The minimum atomic E-state index is -0.962. The molecule has 2 aromatic rings. The Morgan fingerprint density at radius 1 is 1.21 bits per heavy atom. The molecule has 2 atom stereocenters. The summed E-state index contributed by atoms with van der Waals surface area (Å²) in [5.74, 6) is -3.57. The molecule has 1 saturated carbocycles. The molecule has 2 fully saturated rings. The lowest BCUT2D eigenvalue weighted by Crippen LogP contribution is -2.66. The van der Waals surface area contributed by atoms with Crippen LogP contribution in [0.2, 0.25) is 0 Å². The van der Waals surface area contributed by atoms with E-state index in [0.29, 0.717) is 18.7 Å². The molecule has 1 aromatic carbocycles. The Labute approximate surface area is 194 Å². The van der Waals surface area contributed by atoms with Gasteiger partial charge in [0.05, 0.1) is 6.54 Å². The highest BCUT2D eigenvalue weighted by atomic mass is 19.1. The number of nitrogens with zero attached hydrogens (tertiary/aromatic N) is 3. The summed E-state index contributed by atoms with van der Waals surface area (Å²) >= 11 is 0. The number of rotatable bonds is 4. The zero-order valence-corrected chi connectivity index (χ0v) is 18.8. The first-order valence-electron chi connectivity index (χ1n) is 11.5. The second-order valence-corrected chi connectivity index (χ2v) is 9.29. The van der Waals surface area contributed by atoms with Gasteiger partial charge in [0.1, 0.15) is 23.4 Å². The van der Waals surface area contributed by atoms with Crippen molar-refractivity contribution in [1.29, 1.82) is 0 Å². The molecule has 1 aliphatic carbocycles. The van der Waals surface area contributed by atoms with Gasteiger partial charge in [-0.2, -0.15) is 0 Å². The predicted molar refractivity (Wildman–Crippen MR) is 118 cm³/mol. The fourth-order valence-corrected chi connectivity index (χ4v) is 5.16. The second-order valence-electron chi connectivity index (χ2n) is 9.29. The molecule has 1 saturated heterocycles. The van der Waals surface area contributed by atoms with Gasteiger partial charge in [-0.1, -0.05) is 12.5 Å². The van der Waals surface area contributed by atoms with Crippen LogP contribution in [0.4, 0.5) is 8.78 Å². The summed E-state index contributed by atoms with van der Waals surface area (Å²) in [6.07, 6.45) is 5.18. The van der Waals surface area contributed by atoms with Gasteiger partial charge >= 0.3 is 0 Å². The number of nitrogens with one attached hydrogen (secondary N) is 1. The number of carbonyl (C=O) groups is 2. The molecule has 5 rings (SSSR count). The summed E-state index contributed by atoms with van der Waals surface area (Å²) in [6, 6.07) is 3.34. The van der Waals surface area contributed by atoms with Gasteiger partial charge in [0.2, 0.25) is 5.43 Å². The van der Waals surface area contributed by atoms with Crippen LogP contribution in [0.25, 0.3) is 0 Å². The highest BCUT2D eigenvalue weighted by molar-refractivity contribution is 5.99. The van der Waals surface area contributed by atoms with E-state index in [1.165, 1.54) is 16.8 Å². The largest absolute Gasteiger partial charge is 0.503 e. The lowest BCUT2D eigenvalue weighted by molar-refractivity contribution is -0.0661.